The van der Waals surface area contributed by atoms with Crippen molar-refractivity contribution in [1.82, 2.24) is 9.47 Å². The summed E-state index contributed by atoms with van der Waals surface area (Å²) in [6, 6.07) is 24.0. The normalized spacial score (nSPS) is 15.7. The molecule has 7 nitrogen and oxygen atoms in total. The molecule has 4 aromatic rings. The molecule has 0 unspecified atom stereocenters. The molecular formula is C28H20N4O3S. The molecule has 36 heavy (non-hydrogen) atoms. The van der Waals surface area contributed by atoms with Crippen LogP contribution in [0.5, 0.6) is 0 Å². The summed E-state index contributed by atoms with van der Waals surface area (Å²) in [5.74, 6) is -1.21. The van der Waals surface area contributed by atoms with Crippen LogP contribution < -0.4 is 0 Å². The zero-order chi connectivity index (χ0) is 25.2. The Morgan fingerprint density at radius 3 is 2.69 bits per heavy atom. The van der Waals surface area contributed by atoms with E-state index >= 15 is 0 Å². The number of aromatic nitrogens is 1. The van der Waals surface area contributed by atoms with Crippen molar-refractivity contribution in [3.8, 4) is 6.07 Å². The number of carbonyl (C=O) groups excluding carboxylic acids is 1. The van der Waals surface area contributed by atoms with Crippen LogP contribution in [-0.4, -0.2) is 38.7 Å². The van der Waals surface area contributed by atoms with Crippen molar-refractivity contribution in [1.29, 1.82) is 5.26 Å². The molecule has 1 aliphatic rings. The van der Waals surface area contributed by atoms with Gasteiger partial charge in [0, 0.05) is 36.3 Å². The summed E-state index contributed by atoms with van der Waals surface area (Å²) in [6.45, 7) is 0.529. The van der Waals surface area contributed by atoms with Crippen molar-refractivity contribution in [3.05, 3.63) is 106 Å². The largest absolute Gasteiger partial charge is 0.478 e. The van der Waals surface area contributed by atoms with E-state index in [1.807, 2.05) is 54.7 Å². The topological polar surface area (TPSA) is 98.7 Å². The smallest absolute Gasteiger partial charge is 0.335 e. The predicted octanol–water partition coefficient (Wildman–Crippen LogP) is 5.49. The molecular weight excluding hydrogens is 472 g/mol. The van der Waals surface area contributed by atoms with Crippen molar-refractivity contribution >= 4 is 51.5 Å². The first-order valence-corrected chi connectivity index (χ1v) is 11.9. The Balaban J connectivity index is 1.50. The van der Waals surface area contributed by atoms with Gasteiger partial charge in [0.15, 0.2) is 5.17 Å². The highest BCUT2D eigenvalue weighted by atomic mass is 32.2. The van der Waals surface area contributed by atoms with Gasteiger partial charge in [0.1, 0.15) is 0 Å². The van der Waals surface area contributed by atoms with Crippen molar-refractivity contribution in [2.45, 2.75) is 6.54 Å². The summed E-state index contributed by atoms with van der Waals surface area (Å²) in [5, 5.41) is 20.2. The summed E-state index contributed by atoms with van der Waals surface area (Å²) < 4.78 is 2.08. The van der Waals surface area contributed by atoms with Crippen molar-refractivity contribution < 1.29 is 14.7 Å². The average Bonchev–Trinajstić information content (AvgIpc) is 3.36. The number of benzene rings is 3. The minimum atomic E-state index is -1.03. The fourth-order valence-electron chi connectivity index (χ4n) is 4.08. The molecule has 8 heteroatoms. The maximum atomic E-state index is 13.0. The van der Waals surface area contributed by atoms with Crippen LogP contribution in [0.1, 0.15) is 27.0 Å². The Bertz CT molecular complexity index is 1630. The first-order valence-electron chi connectivity index (χ1n) is 11.1. The van der Waals surface area contributed by atoms with Crippen molar-refractivity contribution in [2.24, 2.45) is 4.99 Å². The van der Waals surface area contributed by atoms with Crippen molar-refractivity contribution in [3.63, 3.8) is 0 Å². The van der Waals surface area contributed by atoms with Crippen molar-refractivity contribution in [2.75, 3.05) is 7.05 Å². The molecule has 0 aliphatic carbocycles. The third-order valence-electron chi connectivity index (χ3n) is 5.91. The third kappa shape index (κ3) is 4.40. The molecule has 0 atom stereocenters. The molecule has 1 fully saturated rings. The van der Waals surface area contributed by atoms with Gasteiger partial charge in [-0.25, -0.2) is 9.79 Å². The number of rotatable bonds is 5. The number of aromatic carboxylic acids is 1. The fraction of sp³-hybridized carbons (Fsp3) is 0.0714. The van der Waals surface area contributed by atoms with E-state index in [1.165, 1.54) is 28.8 Å². The molecule has 1 amide bonds. The number of thioether (sulfide) groups is 1. The molecule has 0 bridgehead atoms. The minimum absolute atomic E-state index is 0.135. The lowest BCUT2D eigenvalue weighted by atomic mass is 10.1. The summed E-state index contributed by atoms with van der Waals surface area (Å²) in [6.07, 6.45) is 3.85. The highest BCUT2D eigenvalue weighted by molar-refractivity contribution is 8.18. The molecule has 176 valence electrons. The van der Waals surface area contributed by atoms with Crippen LogP contribution >= 0.6 is 11.8 Å². The lowest BCUT2D eigenvalue weighted by molar-refractivity contribution is -0.121. The molecule has 1 aromatic heterocycles. The molecule has 3 aromatic carbocycles. The Hall–Kier alpha value is -4.61. The number of carboxylic acid groups (broad SMARTS) is 1. The summed E-state index contributed by atoms with van der Waals surface area (Å²) in [7, 11) is 1.65. The van der Waals surface area contributed by atoms with E-state index in [4.69, 9.17) is 0 Å². The first-order chi connectivity index (χ1) is 17.4. The number of hydrogen-bond donors (Lipinski definition) is 1. The minimum Gasteiger partial charge on any atom is -0.478 e. The summed E-state index contributed by atoms with van der Waals surface area (Å²) in [5.41, 5.74) is 4.04. The van der Waals surface area contributed by atoms with Crippen LogP contribution in [0, 0.1) is 11.3 Å². The average molecular weight is 493 g/mol. The molecule has 1 saturated heterocycles. The number of carbonyl (C=O) groups is 2. The second-order valence-corrected chi connectivity index (χ2v) is 9.23. The Morgan fingerprint density at radius 1 is 1.11 bits per heavy atom. The van der Waals surface area contributed by atoms with Gasteiger partial charge in [-0.3, -0.25) is 9.69 Å². The zero-order valence-corrected chi connectivity index (χ0v) is 20.1. The molecule has 5 rings (SSSR count). The van der Waals surface area contributed by atoms with E-state index in [0.717, 1.165) is 22.0 Å². The van der Waals surface area contributed by atoms with E-state index in [9.17, 15) is 20.0 Å². The maximum absolute atomic E-state index is 13.0. The molecule has 0 saturated carbocycles. The quantitative estimate of drug-likeness (QED) is 0.371. The third-order valence-corrected chi connectivity index (χ3v) is 6.97. The number of likely N-dealkylation sites (N-methyl/N-ethyl adjacent to an activating group) is 1. The second kappa shape index (κ2) is 9.56. The first kappa shape index (κ1) is 23.1. The molecule has 0 radical (unpaired) electrons. The number of carboxylic acids is 1. The van der Waals surface area contributed by atoms with E-state index in [1.54, 1.807) is 25.2 Å². The maximum Gasteiger partial charge on any atom is 0.335 e. The van der Waals surface area contributed by atoms with Gasteiger partial charge in [0.2, 0.25) is 0 Å². The number of nitriles is 1. The molecule has 0 spiro atoms. The number of hydrogen-bond acceptors (Lipinski definition) is 5. The zero-order valence-electron chi connectivity index (χ0n) is 19.3. The van der Waals surface area contributed by atoms with Gasteiger partial charge in [-0.05, 0) is 53.7 Å². The van der Waals surface area contributed by atoms with Gasteiger partial charge in [0.05, 0.1) is 27.8 Å². The number of amides is 1. The van der Waals surface area contributed by atoms with E-state index in [0.29, 0.717) is 27.9 Å². The standard InChI is InChI=1S/C28H20N4O3S/c1-31-26(33)25(36-28(31)30-22-10-6-9-18(13-22)27(34)35)14-21-17-32(24-12-5-4-11-23(21)24)16-20-8-3-2-7-19(20)15-29/h2-14,17H,16H2,1H3,(H,34,35)/b25-14-,30-28?. The van der Waals surface area contributed by atoms with Gasteiger partial charge in [-0.15, -0.1) is 0 Å². The second-order valence-electron chi connectivity index (χ2n) is 8.22. The highest BCUT2D eigenvalue weighted by Crippen LogP contribution is 2.35. The highest BCUT2D eigenvalue weighted by Gasteiger charge is 2.30. The van der Waals surface area contributed by atoms with Gasteiger partial charge >= 0.3 is 5.97 Å². The van der Waals surface area contributed by atoms with Crippen LogP contribution in [0.15, 0.2) is 88.9 Å². The van der Waals surface area contributed by atoms with Gasteiger partial charge in [0.25, 0.3) is 5.91 Å². The lowest BCUT2D eigenvalue weighted by Crippen LogP contribution is -2.23. The predicted molar refractivity (Wildman–Crippen MR) is 141 cm³/mol. The monoisotopic (exact) mass is 492 g/mol. The van der Waals surface area contributed by atoms with Gasteiger partial charge in [-0.1, -0.05) is 42.5 Å². The Morgan fingerprint density at radius 2 is 1.89 bits per heavy atom. The number of para-hydroxylation sites is 1. The Labute approximate surface area is 211 Å². The number of amidine groups is 1. The molecule has 1 aliphatic heterocycles. The van der Waals surface area contributed by atoms with Gasteiger partial charge in [-0.2, -0.15) is 5.26 Å². The van der Waals surface area contributed by atoms with Crippen LogP contribution in [0.3, 0.4) is 0 Å². The SMILES string of the molecule is CN1C(=O)/C(=C/c2cn(Cc3ccccc3C#N)c3ccccc23)SC1=Nc1cccc(C(=O)O)c1. The van der Waals surface area contributed by atoms with Crippen LogP contribution in [-0.2, 0) is 11.3 Å². The lowest BCUT2D eigenvalue weighted by Gasteiger charge is -2.07. The van der Waals surface area contributed by atoms with E-state index < -0.39 is 5.97 Å². The molecule has 2 heterocycles. The molecule has 1 N–H and O–H groups in total. The van der Waals surface area contributed by atoms with E-state index in [-0.39, 0.29) is 11.5 Å². The van der Waals surface area contributed by atoms with Crippen LogP contribution in [0.4, 0.5) is 5.69 Å². The number of nitrogens with zero attached hydrogens (tertiary/aromatic N) is 4. The Kier molecular flexibility index (Phi) is 6.15. The summed E-state index contributed by atoms with van der Waals surface area (Å²) >= 11 is 1.25. The van der Waals surface area contributed by atoms with Crippen LogP contribution in [0.2, 0.25) is 0 Å². The number of aliphatic imine (C=N–C) groups is 1. The number of fused-ring (bicyclic) bond motifs is 1. The fourth-order valence-corrected chi connectivity index (χ4v) is 5.06. The van der Waals surface area contributed by atoms with E-state index in [2.05, 4.69) is 15.6 Å². The van der Waals surface area contributed by atoms with Gasteiger partial charge < -0.3 is 9.67 Å². The summed E-state index contributed by atoms with van der Waals surface area (Å²) in [4.78, 5) is 30.8. The van der Waals surface area contributed by atoms with Crippen LogP contribution in [0.25, 0.3) is 17.0 Å².